The van der Waals surface area contributed by atoms with Gasteiger partial charge < -0.3 is 15.8 Å². The van der Waals surface area contributed by atoms with Crippen molar-refractivity contribution >= 4 is 11.6 Å². The molecule has 0 bridgehead atoms. The molecule has 3 N–H and O–H groups in total. The van der Waals surface area contributed by atoms with Crippen molar-refractivity contribution in [2.24, 2.45) is 16.7 Å². The molecule has 1 amide bonds. The zero-order valence-electron chi connectivity index (χ0n) is 12.7. The molecule has 20 heavy (non-hydrogen) atoms. The first-order valence-electron chi connectivity index (χ1n) is 7.03. The average Bonchev–Trinajstić information content (AvgIpc) is 2.77. The van der Waals surface area contributed by atoms with Crippen LogP contribution in [0.25, 0.3) is 0 Å². The first-order chi connectivity index (χ1) is 9.28. The number of anilines is 1. The molecule has 0 saturated heterocycles. The predicted octanol–water partition coefficient (Wildman–Crippen LogP) is 2.45. The molecule has 4 nitrogen and oxygen atoms in total. The fraction of sp³-hybridized carbons (Fsp3) is 0.562. The van der Waals surface area contributed by atoms with Gasteiger partial charge in [-0.1, -0.05) is 39.8 Å². The number of nitrogens with one attached hydrogen (secondary N) is 1. The Bertz CT molecular complexity index is 495. The largest absolute Gasteiger partial charge is 0.490 e. The molecule has 0 aromatic heterocycles. The van der Waals surface area contributed by atoms with Gasteiger partial charge in [0.15, 0.2) is 0 Å². The van der Waals surface area contributed by atoms with Crippen molar-refractivity contribution in [2.45, 2.75) is 27.7 Å². The van der Waals surface area contributed by atoms with Crippen molar-refractivity contribution in [1.29, 1.82) is 0 Å². The summed E-state index contributed by atoms with van der Waals surface area (Å²) in [4.78, 5) is 12.1. The summed E-state index contributed by atoms with van der Waals surface area (Å²) in [6.45, 7) is 9.47. The van der Waals surface area contributed by atoms with E-state index in [0.717, 1.165) is 0 Å². The van der Waals surface area contributed by atoms with Gasteiger partial charge in [-0.3, -0.25) is 4.79 Å². The molecule has 0 spiro atoms. The molecule has 1 aliphatic carbocycles. The molecule has 0 aliphatic heterocycles. The highest BCUT2D eigenvalue weighted by atomic mass is 16.5. The van der Waals surface area contributed by atoms with E-state index in [-0.39, 0.29) is 22.7 Å². The Morgan fingerprint density at radius 3 is 2.40 bits per heavy atom. The minimum absolute atomic E-state index is 0.0712. The first-order valence-corrected chi connectivity index (χ1v) is 7.03. The normalized spacial score (nSPS) is 19.4. The predicted molar refractivity (Wildman–Crippen MR) is 80.4 cm³/mol. The quantitative estimate of drug-likeness (QED) is 0.641. The highest BCUT2D eigenvalue weighted by Crippen LogP contribution is 2.68. The number of benzene rings is 1. The minimum Gasteiger partial charge on any atom is -0.490 e. The summed E-state index contributed by atoms with van der Waals surface area (Å²) in [5, 5.41) is 2.94. The number of nitrogen functional groups attached to an aromatic ring is 1. The van der Waals surface area contributed by atoms with E-state index in [1.165, 1.54) is 0 Å². The molecule has 1 saturated carbocycles. The molecular weight excluding hydrogens is 252 g/mol. The number of hydrogen-bond acceptors (Lipinski definition) is 3. The Morgan fingerprint density at radius 1 is 1.25 bits per heavy atom. The molecule has 0 radical (unpaired) electrons. The van der Waals surface area contributed by atoms with Gasteiger partial charge in [0.2, 0.25) is 5.91 Å². The monoisotopic (exact) mass is 276 g/mol. The zero-order chi connectivity index (χ0) is 15.0. The van der Waals surface area contributed by atoms with Gasteiger partial charge >= 0.3 is 0 Å². The first kappa shape index (κ1) is 14.7. The molecule has 1 fully saturated rings. The van der Waals surface area contributed by atoms with E-state index in [9.17, 15) is 4.79 Å². The lowest BCUT2D eigenvalue weighted by atomic mass is 10.0. The summed E-state index contributed by atoms with van der Waals surface area (Å²) in [6, 6.07) is 7.36. The fourth-order valence-corrected chi connectivity index (χ4v) is 2.90. The summed E-state index contributed by atoms with van der Waals surface area (Å²) in [5.41, 5.74) is 6.54. The van der Waals surface area contributed by atoms with E-state index in [1.807, 2.05) is 18.2 Å². The second-order valence-electron chi connectivity index (χ2n) is 6.55. The molecular formula is C16H24N2O2. The zero-order valence-corrected chi connectivity index (χ0v) is 12.7. The van der Waals surface area contributed by atoms with Crippen LogP contribution in [0.2, 0.25) is 0 Å². The third kappa shape index (κ3) is 2.47. The number of rotatable bonds is 5. The van der Waals surface area contributed by atoms with Crippen LogP contribution in [0.4, 0.5) is 5.69 Å². The van der Waals surface area contributed by atoms with E-state index in [2.05, 4.69) is 33.0 Å². The lowest BCUT2D eigenvalue weighted by Gasteiger charge is -2.10. The number of ether oxygens (including phenoxy) is 1. The minimum atomic E-state index is 0.0712. The van der Waals surface area contributed by atoms with E-state index >= 15 is 0 Å². The lowest BCUT2D eigenvalue weighted by molar-refractivity contribution is -0.123. The average molecular weight is 276 g/mol. The molecule has 4 heteroatoms. The summed E-state index contributed by atoms with van der Waals surface area (Å²) < 4.78 is 5.55. The van der Waals surface area contributed by atoms with Gasteiger partial charge in [-0.05, 0) is 23.0 Å². The van der Waals surface area contributed by atoms with Gasteiger partial charge in [0.25, 0.3) is 0 Å². The van der Waals surface area contributed by atoms with Crippen LogP contribution in [-0.4, -0.2) is 19.1 Å². The SMILES string of the molecule is CC1(C)C(C(=O)NCCOc2ccccc2N)C1(C)C. The van der Waals surface area contributed by atoms with E-state index < -0.39 is 0 Å². The third-order valence-corrected chi connectivity index (χ3v) is 4.86. The maximum Gasteiger partial charge on any atom is 0.224 e. The number of nitrogens with two attached hydrogens (primary N) is 1. The number of hydrogen-bond donors (Lipinski definition) is 2. The molecule has 1 aromatic carbocycles. The smallest absolute Gasteiger partial charge is 0.224 e. The van der Waals surface area contributed by atoms with Crippen LogP contribution in [0.15, 0.2) is 24.3 Å². The van der Waals surface area contributed by atoms with Crippen molar-refractivity contribution < 1.29 is 9.53 Å². The Balaban J connectivity index is 1.75. The van der Waals surface area contributed by atoms with Crippen LogP contribution < -0.4 is 15.8 Å². The number of carbonyl (C=O) groups excluding carboxylic acids is 1. The van der Waals surface area contributed by atoms with Crippen LogP contribution in [-0.2, 0) is 4.79 Å². The molecule has 0 heterocycles. The number of para-hydroxylation sites is 2. The highest BCUT2D eigenvalue weighted by Gasteiger charge is 2.68. The van der Waals surface area contributed by atoms with Crippen molar-refractivity contribution in [2.75, 3.05) is 18.9 Å². The van der Waals surface area contributed by atoms with Crippen molar-refractivity contribution in [3.63, 3.8) is 0 Å². The van der Waals surface area contributed by atoms with Gasteiger partial charge in [0, 0.05) is 5.92 Å². The van der Waals surface area contributed by atoms with E-state index in [1.54, 1.807) is 6.07 Å². The van der Waals surface area contributed by atoms with Crippen LogP contribution in [0.3, 0.4) is 0 Å². The number of amides is 1. The van der Waals surface area contributed by atoms with Crippen molar-refractivity contribution in [1.82, 2.24) is 5.32 Å². The second kappa shape index (κ2) is 5.00. The Labute approximate surface area is 120 Å². The standard InChI is InChI=1S/C16H24N2O2/c1-15(2)13(16(15,3)4)14(19)18-9-10-20-12-8-6-5-7-11(12)17/h5-8,13H,9-10,17H2,1-4H3,(H,18,19). The molecule has 0 unspecified atom stereocenters. The van der Waals surface area contributed by atoms with Crippen LogP contribution in [0.5, 0.6) is 5.75 Å². The second-order valence-corrected chi connectivity index (χ2v) is 6.55. The lowest BCUT2D eigenvalue weighted by Crippen LogP contribution is -2.31. The molecule has 110 valence electrons. The van der Waals surface area contributed by atoms with Crippen LogP contribution in [0.1, 0.15) is 27.7 Å². The van der Waals surface area contributed by atoms with Crippen molar-refractivity contribution in [3.8, 4) is 5.75 Å². The van der Waals surface area contributed by atoms with E-state index in [0.29, 0.717) is 24.6 Å². The van der Waals surface area contributed by atoms with Gasteiger partial charge in [-0.2, -0.15) is 0 Å². The van der Waals surface area contributed by atoms with Crippen LogP contribution >= 0.6 is 0 Å². The Hall–Kier alpha value is -1.71. The summed E-state index contributed by atoms with van der Waals surface area (Å²) in [5.74, 6) is 0.857. The van der Waals surface area contributed by atoms with Gasteiger partial charge in [0.05, 0.1) is 12.2 Å². The fourth-order valence-electron chi connectivity index (χ4n) is 2.90. The maximum absolute atomic E-state index is 12.1. The molecule has 1 aromatic rings. The summed E-state index contributed by atoms with van der Waals surface area (Å²) in [6.07, 6.45) is 0. The van der Waals surface area contributed by atoms with Gasteiger partial charge in [0.1, 0.15) is 12.4 Å². The highest BCUT2D eigenvalue weighted by molar-refractivity contribution is 5.84. The molecule has 1 aliphatic rings. The topological polar surface area (TPSA) is 64.3 Å². The van der Waals surface area contributed by atoms with Gasteiger partial charge in [-0.25, -0.2) is 0 Å². The third-order valence-electron chi connectivity index (χ3n) is 4.86. The molecule has 2 rings (SSSR count). The maximum atomic E-state index is 12.1. The summed E-state index contributed by atoms with van der Waals surface area (Å²) >= 11 is 0. The van der Waals surface area contributed by atoms with Crippen molar-refractivity contribution in [3.05, 3.63) is 24.3 Å². The Kier molecular flexibility index (Phi) is 3.67. The molecule has 0 atom stereocenters. The van der Waals surface area contributed by atoms with Crippen LogP contribution in [0, 0.1) is 16.7 Å². The Morgan fingerprint density at radius 2 is 1.85 bits per heavy atom. The van der Waals surface area contributed by atoms with E-state index in [4.69, 9.17) is 10.5 Å². The summed E-state index contributed by atoms with van der Waals surface area (Å²) in [7, 11) is 0. The van der Waals surface area contributed by atoms with Gasteiger partial charge in [-0.15, -0.1) is 0 Å². The number of carbonyl (C=O) groups is 1.